The first-order chi connectivity index (χ1) is 10.7. The Hall–Kier alpha value is -1.27. The Morgan fingerprint density at radius 1 is 1.29 bits per heavy atom. The van der Waals surface area contributed by atoms with E-state index in [1.165, 1.54) is 0 Å². The summed E-state index contributed by atoms with van der Waals surface area (Å²) in [4.78, 5) is 12.4. The summed E-state index contributed by atoms with van der Waals surface area (Å²) in [5.74, 6) is -0.348. The molecule has 1 fully saturated rings. The lowest BCUT2D eigenvalue weighted by atomic mass is 9.74. The van der Waals surface area contributed by atoms with Crippen LogP contribution in [0.2, 0.25) is 0 Å². The van der Waals surface area contributed by atoms with Crippen LogP contribution in [0.3, 0.4) is 0 Å². The van der Waals surface area contributed by atoms with E-state index in [-0.39, 0.29) is 30.7 Å². The third kappa shape index (κ3) is 5.98. The van der Waals surface area contributed by atoms with E-state index in [1.807, 2.05) is 6.92 Å². The van der Waals surface area contributed by atoms with Gasteiger partial charge in [0.25, 0.3) is 0 Å². The predicted molar refractivity (Wildman–Crippen MR) is 91.2 cm³/mol. The highest BCUT2D eigenvalue weighted by Gasteiger charge is 2.37. The fourth-order valence-corrected chi connectivity index (χ4v) is 3.06. The van der Waals surface area contributed by atoms with Gasteiger partial charge in [-0.2, -0.15) is 13.2 Å². The average molecular weight is 365 g/mol. The first-order valence-corrected chi connectivity index (χ1v) is 7.93. The van der Waals surface area contributed by atoms with Gasteiger partial charge in [0, 0.05) is 17.6 Å². The monoisotopic (exact) mass is 364 g/mol. The van der Waals surface area contributed by atoms with Crippen molar-refractivity contribution in [3.8, 4) is 0 Å². The molecule has 1 saturated carbocycles. The van der Waals surface area contributed by atoms with E-state index in [2.05, 4.69) is 5.32 Å². The molecule has 0 aromatic heterocycles. The maximum Gasteiger partial charge on any atom is 0.389 e. The van der Waals surface area contributed by atoms with Crippen molar-refractivity contribution in [3.63, 3.8) is 0 Å². The van der Waals surface area contributed by atoms with Gasteiger partial charge in [0.1, 0.15) is 0 Å². The van der Waals surface area contributed by atoms with Crippen molar-refractivity contribution in [3.05, 3.63) is 29.8 Å². The van der Waals surface area contributed by atoms with Gasteiger partial charge in [-0.05, 0) is 43.9 Å². The van der Waals surface area contributed by atoms with Crippen LogP contribution < -0.4 is 11.1 Å². The second-order valence-corrected chi connectivity index (χ2v) is 6.61. The zero-order chi connectivity index (χ0) is 17.1. The molecule has 136 valence electrons. The van der Waals surface area contributed by atoms with Gasteiger partial charge < -0.3 is 11.1 Å². The molecule has 24 heavy (non-hydrogen) atoms. The quantitative estimate of drug-likeness (QED) is 0.829. The highest BCUT2D eigenvalue weighted by atomic mass is 35.5. The van der Waals surface area contributed by atoms with Gasteiger partial charge in [0.15, 0.2) is 0 Å². The number of anilines is 1. The number of carbonyl (C=O) groups is 1. The summed E-state index contributed by atoms with van der Waals surface area (Å²) in [7, 11) is 0. The van der Waals surface area contributed by atoms with Gasteiger partial charge in [0.05, 0.1) is 5.92 Å². The number of benzene rings is 1. The number of nitrogens with one attached hydrogen (secondary N) is 1. The van der Waals surface area contributed by atoms with Crippen molar-refractivity contribution < 1.29 is 18.0 Å². The molecule has 2 atom stereocenters. The summed E-state index contributed by atoms with van der Waals surface area (Å²) >= 11 is 0. The number of amides is 1. The topological polar surface area (TPSA) is 55.1 Å². The standard InChI is InChI=1S/C17H23F3N2O.ClH/c1-16(21)10-3-2-4-14(16)15(23)22-13-7-5-12(6-8-13)9-11-17(18,19)20;/h5-8,14H,2-4,9-11,21H2,1H3,(H,22,23);1H. The van der Waals surface area contributed by atoms with E-state index in [0.29, 0.717) is 11.3 Å². The molecule has 0 aliphatic heterocycles. The maximum atomic E-state index is 12.4. The predicted octanol–water partition coefficient (Wildman–Crippen LogP) is 4.45. The number of nitrogens with two attached hydrogens (primary N) is 1. The van der Waals surface area contributed by atoms with Crippen molar-refractivity contribution in [2.24, 2.45) is 11.7 Å². The first-order valence-electron chi connectivity index (χ1n) is 7.93. The molecular weight excluding hydrogens is 341 g/mol. The molecule has 0 bridgehead atoms. The Morgan fingerprint density at radius 2 is 1.92 bits per heavy atom. The number of hydrogen-bond acceptors (Lipinski definition) is 2. The van der Waals surface area contributed by atoms with Crippen LogP contribution in [0.15, 0.2) is 24.3 Å². The zero-order valence-corrected chi connectivity index (χ0v) is 14.5. The van der Waals surface area contributed by atoms with E-state index in [1.54, 1.807) is 24.3 Å². The summed E-state index contributed by atoms with van der Waals surface area (Å²) in [5.41, 5.74) is 6.90. The lowest BCUT2D eigenvalue weighted by Crippen LogP contribution is -2.51. The molecule has 1 aliphatic carbocycles. The number of halogens is 4. The normalized spacial score (nSPS) is 24.1. The van der Waals surface area contributed by atoms with Crippen molar-refractivity contribution in [1.82, 2.24) is 0 Å². The smallest absolute Gasteiger partial charge is 0.326 e. The Morgan fingerprint density at radius 3 is 2.46 bits per heavy atom. The molecule has 0 heterocycles. The van der Waals surface area contributed by atoms with Crippen LogP contribution in [0, 0.1) is 5.92 Å². The summed E-state index contributed by atoms with van der Waals surface area (Å²) in [6.45, 7) is 1.90. The Balaban J connectivity index is 0.00000288. The van der Waals surface area contributed by atoms with Gasteiger partial charge in [-0.25, -0.2) is 0 Å². The lowest BCUT2D eigenvalue weighted by molar-refractivity contribution is -0.134. The van der Waals surface area contributed by atoms with Crippen LogP contribution in [0.25, 0.3) is 0 Å². The minimum Gasteiger partial charge on any atom is -0.326 e. The SMILES string of the molecule is CC1(N)CCCCC1C(=O)Nc1ccc(CCC(F)(F)F)cc1.Cl. The lowest BCUT2D eigenvalue weighted by Gasteiger charge is -2.37. The van der Waals surface area contributed by atoms with Crippen molar-refractivity contribution in [1.29, 1.82) is 0 Å². The second-order valence-electron chi connectivity index (χ2n) is 6.61. The van der Waals surface area contributed by atoms with Crippen LogP contribution in [0.1, 0.15) is 44.6 Å². The maximum absolute atomic E-state index is 12.4. The zero-order valence-electron chi connectivity index (χ0n) is 13.7. The van der Waals surface area contributed by atoms with Crippen molar-refractivity contribution >= 4 is 24.0 Å². The average Bonchev–Trinajstić information content (AvgIpc) is 2.45. The van der Waals surface area contributed by atoms with Gasteiger partial charge in [-0.3, -0.25) is 4.79 Å². The molecule has 1 aromatic rings. The van der Waals surface area contributed by atoms with E-state index in [4.69, 9.17) is 5.73 Å². The minimum absolute atomic E-state index is 0. The number of hydrogen-bond donors (Lipinski definition) is 2. The highest BCUT2D eigenvalue weighted by molar-refractivity contribution is 5.93. The molecular formula is C17H24ClF3N2O. The Bertz CT molecular complexity index is 544. The molecule has 0 radical (unpaired) electrons. The molecule has 1 amide bonds. The second kappa shape index (κ2) is 8.21. The molecule has 1 aromatic carbocycles. The van der Waals surface area contributed by atoms with Crippen LogP contribution in [0.5, 0.6) is 0 Å². The summed E-state index contributed by atoms with van der Waals surface area (Å²) in [6.07, 6.45) is -1.44. The highest BCUT2D eigenvalue weighted by Crippen LogP contribution is 2.32. The van der Waals surface area contributed by atoms with Crippen LogP contribution in [0.4, 0.5) is 18.9 Å². The largest absolute Gasteiger partial charge is 0.389 e. The molecule has 2 unspecified atom stereocenters. The van der Waals surface area contributed by atoms with Crippen LogP contribution in [-0.2, 0) is 11.2 Å². The number of rotatable bonds is 4. The summed E-state index contributed by atoms with van der Waals surface area (Å²) < 4.78 is 36.6. The Kier molecular flexibility index (Phi) is 7.10. The fourth-order valence-electron chi connectivity index (χ4n) is 3.06. The summed E-state index contributed by atoms with van der Waals surface area (Å²) in [5, 5.41) is 2.83. The van der Waals surface area contributed by atoms with E-state index < -0.39 is 18.1 Å². The van der Waals surface area contributed by atoms with Crippen molar-refractivity contribution in [2.45, 2.75) is 57.2 Å². The van der Waals surface area contributed by atoms with Gasteiger partial charge in [-0.1, -0.05) is 25.0 Å². The molecule has 0 spiro atoms. The third-order valence-electron chi connectivity index (χ3n) is 4.49. The van der Waals surface area contributed by atoms with Crippen LogP contribution in [-0.4, -0.2) is 17.6 Å². The molecule has 3 N–H and O–H groups in total. The van der Waals surface area contributed by atoms with Gasteiger partial charge >= 0.3 is 6.18 Å². The van der Waals surface area contributed by atoms with E-state index in [9.17, 15) is 18.0 Å². The molecule has 3 nitrogen and oxygen atoms in total. The fraction of sp³-hybridized carbons (Fsp3) is 0.588. The van der Waals surface area contributed by atoms with Crippen molar-refractivity contribution in [2.75, 3.05) is 5.32 Å². The molecule has 0 saturated heterocycles. The number of aryl methyl sites for hydroxylation is 1. The number of carbonyl (C=O) groups excluding carboxylic acids is 1. The molecule has 7 heteroatoms. The van der Waals surface area contributed by atoms with Gasteiger partial charge in [-0.15, -0.1) is 12.4 Å². The summed E-state index contributed by atoms with van der Waals surface area (Å²) in [6, 6.07) is 6.51. The van der Waals surface area contributed by atoms with E-state index >= 15 is 0 Å². The first kappa shape index (κ1) is 20.8. The number of alkyl halides is 3. The minimum atomic E-state index is -4.15. The van der Waals surface area contributed by atoms with Gasteiger partial charge in [0.2, 0.25) is 5.91 Å². The third-order valence-corrected chi connectivity index (χ3v) is 4.49. The molecule has 2 rings (SSSR count). The van der Waals surface area contributed by atoms with E-state index in [0.717, 1.165) is 25.7 Å². The Labute approximate surface area is 146 Å². The van der Waals surface area contributed by atoms with Crippen LogP contribution >= 0.6 is 12.4 Å². The molecule has 1 aliphatic rings.